The highest BCUT2D eigenvalue weighted by molar-refractivity contribution is 6.17. The Balaban J connectivity index is 1.69. The van der Waals surface area contributed by atoms with Gasteiger partial charge in [0.05, 0.1) is 35.5 Å². The molecule has 0 saturated carbocycles. The highest BCUT2D eigenvalue weighted by atomic mass is 19.2. The summed E-state index contributed by atoms with van der Waals surface area (Å²) in [6.07, 6.45) is 4.17. The molecular weight excluding hydrogens is 486 g/mol. The zero-order valence-electron chi connectivity index (χ0n) is 19.5. The van der Waals surface area contributed by atoms with Crippen LogP contribution in [0, 0.1) is 11.6 Å². The second-order valence-electron chi connectivity index (χ2n) is 8.62. The Labute approximate surface area is 207 Å². The first-order valence-corrected chi connectivity index (χ1v) is 11.5. The minimum absolute atomic E-state index is 0.00740. The van der Waals surface area contributed by atoms with Crippen LogP contribution in [0.15, 0.2) is 41.6 Å². The van der Waals surface area contributed by atoms with Gasteiger partial charge in [0.2, 0.25) is 0 Å². The number of aromatic nitrogens is 4. The van der Waals surface area contributed by atoms with Crippen molar-refractivity contribution in [2.24, 2.45) is 0 Å². The number of rotatable bonds is 4. The van der Waals surface area contributed by atoms with Crippen molar-refractivity contribution < 1.29 is 23.4 Å². The van der Waals surface area contributed by atoms with E-state index in [-0.39, 0.29) is 11.3 Å². The Morgan fingerprint density at radius 3 is 2.70 bits per heavy atom. The lowest BCUT2D eigenvalue weighted by atomic mass is 10.0. The Morgan fingerprint density at radius 2 is 1.97 bits per heavy atom. The summed E-state index contributed by atoms with van der Waals surface area (Å²) in [4.78, 5) is 38.1. The molecular formula is C25H20F2N6O4. The Morgan fingerprint density at radius 1 is 1.19 bits per heavy atom. The molecule has 0 atom stereocenters. The maximum absolute atomic E-state index is 14.6. The molecule has 0 spiro atoms. The van der Waals surface area contributed by atoms with Crippen molar-refractivity contribution in [1.82, 2.24) is 19.4 Å². The van der Waals surface area contributed by atoms with Crippen LogP contribution in [0.25, 0.3) is 38.7 Å². The van der Waals surface area contributed by atoms with E-state index < -0.39 is 28.7 Å². The molecule has 1 aliphatic heterocycles. The molecule has 1 fully saturated rings. The lowest BCUT2D eigenvalue weighted by Crippen LogP contribution is -2.36. The largest absolute Gasteiger partial charge is 0.477 e. The molecule has 5 heterocycles. The Kier molecular flexibility index (Phi) is 5.26. The summed E-state index contributed by atoms with van der Waals surface area (Å²) in [6.45, 7) is 2.03. The van der Waals surface area contributed by atoms with E-state index >= 15 is 0 Å². The number of H-pyrrole nitrogens is 1. The average molecular weight is 506 g/mol. The Bertz CT molecular complexity index is 1790. The molecule has 6 rings (SSSR count). The van der Waals surface area contributed by atoms with Crippen molar-refractivity contribution in [3.8, 4) is 11.1 Å². The summed E-state index contributed by atoms with van der Waals surface area (Å²) in [5.41, 5.74) is 1.82. The minimum Gasteiger partial charge on any atom is -0.477 e. The molecule has 0 aliphatic carbocycles. The number of fused-ring (bicyclic) bond motifs is 4. The van der Waals surface area contributed by atoms with Gasteiger partial charge in [-0.25, -0.2) is 23.5 Å². The van der Waals surface area contributed by atoms with Crippen molar-refractivity contribution >= 4 is 44.9 Å². The molecule has 5 aromatic rings. The van der Waals surface area contributed by atoms with Gasteiger partial charge in [-0.05, 0) is 18.2 Å². The fraction of sp³-hybridized carbons (Fsp3) is 0.200. The number of pyridine rings is 2. The van der Waals surface area contributed by atoms with Gasteiger partial charge in [0, 0.05) is 55.2 Å². The second kappa shape index (κ2) is 8.52. The van der Waals surface area contributed by atoms with E-state index in [1.54, 1.807) is 18.3 Å². The van der Waals surface area contributed by atoms with Crippen molar-refractivity contribution in [1.29, 1.82) is 0 Å². The zero-order valence-corrected chi connectivity index (χ0v) is 19.5. The number of benzene rings is 1. The lowest BCUT2D eigenvalue weighted by molar-refractivity contribution is 0.0694. The third-order valence-corrected chi connectivity index (χ3v) is 6.60. The van der Waals surface area contributed by atoms with Crippen LogP contribution in [-0.2, 0) is 4.74 Å². The second-order valence-corrected chi connectivity index (χ2v) is 8.62. The minimum atomic E-state index is -1.37. The molecule has 1 aromatic carbocycles. The maximum atomic E-state index is 14.6. The van der Waals surface area contributed by atoms with Crippen LogP contribution < -0.4 is 15.8 Å². The van der Waals surface area contributed by atoms with Crippen molar-refractivity contribution in [3.63, 3.8) is 0 Å². The van der Waals surface area contributed by atoms with Gasteiger partial charge in [-0.2, -0.15) is 0 Å². The van der Waals surface area contributed by atoms with Crippen LogP contribution in [0.4, 0.5) is 20.2 Å². The molecule has 12 heteroatoms. The summed E-state index contributed by atoms with van der Waals surface area (Å²) in [7, 11) is 1.51. The van der Waals surface area contributed by atoms with Gasteiger partial charge < -0.3 is 25.0 Å². The quantitative estimate of drug-likeness (QED) is 0.339. The van der Waals surface area contributed by atoms with Gasteiger partial charge in [0.25, 0.3) is 5.56 Å². The molecule has 1 saturated heterocycles. The van der Waals surface area contributed by atoms with Gasteiger partial charge in [0.1, 0.15) is 16.9 Å². The number of nitrogens with zero attached hydrogens (tertiary/aromatic N) is 4. The molecule has 0 bridgehead atoms. The molecule has 4 aromatic heterocycles. The number of carbonyl (C=O) groups is 1. The van der Waals surface area contributed by atoms with Crippen LogP contribution in [0.2, 0.25) is 0 Å². The smallest absolute Gasteiger partial charge is 0.342 e. The van der Waals surface area contributed by atoms with E-state index in [4.69, 9.17) is 4.74 Å². The first kappa shape index (κ1) is 22.9. The van der Waals surface area contributed by atoms with Gasteiger partial charge >= 0.3 is 5.97 Å². The predicted octanol–water partition coefficient (Wildman–Crippen LogP) is 3.25. The van der Waals surface area contributed by atoms with E-state index in [2.05, 4.69) is 25.2 Å². The van der Waals surface area contributed by atoms with Crippen LogP contribution >= 0.6 is 0 Å². The summed E-state index contributed by atoms with van der Waals surface area (Å²) in [6, 6.07) is 4.51. The molecule has 188 valence electrons. The fourth-order valence-electron chi connectivity index (χ4n) is 4.87. The van der Waals surface area contributed by atoms with E-state index in [9.17, 15) is 23.5 Å². The van der Waals surface area contributed by atoms with Gasteiger partial charge in [-0.3, -0.25) is 9.20 Å². The number of halogens is 2. The van der Waals surface area contributed by atoms with Crippen LogP contribution in [-0.4, -0.2) is 63.8 Å². The Hall–Kier alpha value is -4.58. The highest BCUT2D eigenvalue weighted by Crippen LogP contribution is 2.42. The van der Waals surface area contributed by atoms with Gasteiger partial charge in [0.15, 0.2) is 11.6 Å². The summed E-state index contributed by atoms with van der Waals surface area (Å²) in [5.74, 6) is -3.37. The van der Waals surface area contributed by atoms with Crippen molar-refractivity contribution in [2.75, 3.05) is 43.6 Å². The first-order chi connectivity index (χ1) is 17.9. The molecule has 1 aliphatic rings. The third-order valence-electron chi connectivity index (χ3n) is 6.60. The molecule has 37 heavy (non-hydrogen) atoms. The number of carboxylic acid groups (broad SMARTS) is 1. The van der Waals surface area contributed by atoms with E-state index in [1.165, 1.54) is 17.6 Å². The summed E-state index contributed by atoms with van der Waals surface area (Å²) in [5, 5.41) is 13.1. The van der Waals surface area contributed by atoms with Gasteiger partial charge in [-0.1, -0.05) is 0 Å². The number of hydrogen-bond donors (Lipinski definition) is 3. The van der Waals surface area contributed by atoms with Gasteiger partial charge in [-0.15, -0.1) is 0 Å². The average Bonchev–Trinajstić information content (AvgIpc) is 3.27. The van der Waals surface area contributed by atoms with E-state index in [0.717, 1.165) is 12.3 Å². The number of anilines is 2. The topological polar surface area (TPSA) is 125 Å². The first-order valence-electron chi connectivity index (χ1n) is 11.5. The predicted molar refractivity (Wildman–Crippen MR) is 134 cm³/mol. The molecule has 10 nitrogen and oxygen atoms in total. The highest BCUT2D eigenvalue weighted by Gasteiger charge is 2.25. The lowest BCUT2D eigenvalue weighted by Gasteiger charge is -2.31. The van der Waals surface area contributed by atoms with E-state index in [0.29, 0.717) is 65.1 Å². The molecule has 0 radical (unpaired) electrons. The summed E-state index contributed by atoms with van der Waals surface area (Å²) < 4.78 is 35.9. The number of carboxylic acids is 1. The van der Waals surface area contributed by atoms with Crippen LogP contribution in [0.5, 0.6) is 0 Å². The SMILES string of the molecule is CNc1c(F)c(F)cc2c1[nH]c1ncc(-c3ccc4ncc(C(=O)O)c(=O)n4c3)c(N3CCOCC3)c12. The van der Waals surface area contributed by atoms with Crippen molar-refractivity contribution in [3.05, 3.63) is 64.3 Å². The number of nitrogens with one attached hydrogen (secondary N) is 2. The molecule has 0 amide bonds. The molecule has 0 unspecified atom stereocenters. The monoisotopic (exact) mass is 506 g/mol. The van der Waals surface area contributed by atoms with Crippen LogP contribution in [0.1, 0.15) is 10.4 Å². The third kappa shape index (κ3) is 3.48. The number of aromatic amines is 1. The van der Waals surface area contributed by atoms with E-state index in [1.807, 2.05) is 0 Å². The maximum Gasteiger partial charge on any atom is 0.342 e. The normalized spacial score (nSPS) is 14.1. The van der Waals surface area contributed by atoms with Crippen molar-refractivity contribution in [2.45, 2.75) is 0 Å². The van der Waals surface area contributed by atoms with Crippen LogP contribution in [0.3, 0.4) is 0 Å². The zero-order chi connectivity index (χ0) is 25.8. The number of ether oxygens (including phenoxy) is 1. The number of hydrogen-bond acceptors (Lipinski definition) is 7. The summed E-state index contributed by atoms with van der Waals surface area (Å²) >= 11 is 0. The molecule has 3 N–H and O–H groups in total. The standard InChI is InChI=1S/C25H20F2N6O4/c1-28-21-19(27)16(26)8-13-18-22(32-4-6-37-7-5-32)14(9-30-23(18)31-20(13)21)12-2-3-17-29-10-15(25(35)36)24(34)33(17)11-12/h2-3,8-11,28H,4-7H2,1H3,(H,30,31)(H,35,36). The number of morpholine rings is 1. The fourth-order valence-corrected chi connectivity index (χ4v) is 4.87. The number of aromatic carboxylic acids is 1.